The standard InChI is InChI=1S/C61H70F4N10O8/c1-31-22-47(48-23-34-8-6-14-58(34)37-27-43-45(29-39(37)62)68-51(66-43)60(70-55(78)79,53(76)74(48)58)32-10-18-82-19-11-32)73(36-25-41(64)50(42(65)26-36)72-16-4-3-5-17-72)57(31,2)49-24-35-9-7-15-59(35)38-28-44-46(30-40(38)63)69-52(67-44)61(71-56(80)81,54(77)75(49)59)33-12-20-83-21-13-33/h25-35,47-49,70-71H,3-24H2,1-2H3,(H,66,68)(H,67,69)(H,78,79)(H,80,81)/t31?,34?,35-,47+,48?,49?,57-,58?,59-,60?,61-/m0/s1. The fourth-order valence-corrected chi connectivity index (χ4v) is 19.3. The number of carbonyl (C=O) groups is 4. The molecule has 18 nitrogen and oxygen atoms in total. The van der Waals surface area contributed by atoms with Gasteiger partial charge in [0.25, 0.3) is 11.8 Å². The molecular formula is C61H70F4N10O8. The van der Waals surface area contributed by atoms with Gasteiger partial charge in [-0.15, -0.1) is 0 Å². The summed E-state index contributed by atoms with van der Waals surface area (Å²) in [6, 6.07) is 6.28. The van der Waals surface area contributed by atoms with Gasteiger partial charge in [-0.3, -0.25) is 9.59 Å². The third kappa shape index (κ3) is 7.07. The molecule has 22 heteroatoms. The van der Waals surface area contributed by atoms with Crippen molar-refractivity contribution in [3.63, 3.8) is 0 Å². The van der Waals surface area contributed by atoms with Gasteiger partial charge in [0.2, 0.25) is 0 Å². The van der Waals surface area contributed by atoms with Crippen molar-refractivity contribution in [2.24, 2.45) is 29.6 Å². The Kier molecular flexibility index (Phi) is 11.9. The molecule has 6 N–H and O–H groups in total. The second kappa shape index (κ2) is 18.7. The lowest BCUT2D eigenvalue weighted by molar-refractivity contribution is -0.154. The number of nitrogens with one attached hydrogen (secondary N) is 4. The number of benzene rings is 3. The molecule has 2 aliphatic carbocycles. The smallest absolute Gasteiger partial charge is 0.405 e. The van der Waals surface area contributed by atoms with Gasteiger partial charge in [0.15, 0.2) is 22.7 Å². The monoisotopic (exact) mass is 1150 g/mol. The van der Waals surface area contributed by atoms with Crippen molar-refractivity contribution in [3.05, 3.63) is 82.4 Å². The van der Waals surface area contributed by atoms with Crippen LogP contribution >= 0.6 is 0 Å². The number of nitrogens with zero attached hydrogens (tertiary/aromatic N) is 6. The van der Waals surface area contributed by atoms with E-state index in [9.17, 15) is 19.8 Å². The molecule has 2 aromatic heterocycles. The average Bonchev–Trinajstić information content (AvgIpc) is 1.98. The molecule has 3 aromatic carbocycles. The minimum Gasteiger partial charge on any atom is -0.465 e. The molecule has 83 heavy (non-hydrogen) atoms. The Balaban J connectivity index is 0.966. The summed E-state index contributed by atoms with van der Waals surface area (Å²) in [4.78, 5) is 85.0. The topological polar surface area (TPSA) is 222 Å². The number of H-pyrrole nitrogens is 2. The highest BCUT2D eigenvalue weighted by atomic mass is 19.1. The number of halogens is 4. The molecule has 8 aliphatic heterocycles. The van der Waals surface area contributed by atoms with Crippen LogP contribution in [0.2, 0.25) is 0 Å². The Morgan fingerprint density at radius 2 is 1.08 bits per heavy atom. The van der Waals surface area contributed by atoms with Crippen LogP contribution in [-0.4, -0.2) is 127 Å². The first kappa shape index (κ1) is 53.1. The number of aromatic nitrogens is 4. The van der Waals surface area contributed by atoms with Crippen LogP contribution in [0.5, 0.6) is 0 Å². The molecule has 8 fully saturated rings. The van der Waals surface area contributed by atoms with Crippen LogP contribution in [0.25, 0.3) is 22.1 Å². The molecule has 440 valence electrons. The van der Waals surface area contributed by atoms with E-state index in [0.717, 1.165) is 19.3 Å². The lowest BCUT2D eigenvalue weighted by Crippen LogP contribution is -2.71. The molecule has 11 atom stereocenters. The third-order valence-electron chi connectivity index (χ3n) is 22.8. The van der Waals surface area contributed by atoms with Crippen LogP contribution in [0.4, 0.5) is 38.5 Å². The summed E-state index contributed by atoms with van der Waals surface area (Å²) < 4.78 is 82.1. The van der Waals surface area contributed by atoms with Crippen molar-refractivity contribution in [2.75, 3.05) is 49.3 Å². The fourth-order valence-electron chi connectivity index (χ4n) is 19.3. The third-order valence-corrected chi connectivity index (χ3v) is 22.8. The van der Waals surface area contributed by atoms with Crippen molar-refractivity contribution in [1.82, 2.24) is 40.4 Å². The Morgan fingerprint density at radius 3 is 1.60 bits per heavy atom. The molecule has 6 saturated heterocycles. The zero-order chi connectivity index (χ0) is 57.3. The zero-order valence-electron chi connectivity index (χ0n) is 46.7. The number of fused-ring (bicyclic) bond motifs is 4. The predicted octanol–water partition coefficient (Wildman–Crippen LogP) is 9.36. The van der Waals surface area contributed by atoms with Gasteiger partial charge < -0.3 is 59.9 Å². The number of aromatic amines is 2. The van der Waals surface area contributed by atoms with E-state index < -0.39 is 111 Å². The fraction of sp³-hybridized carbons (Fsp3) is 0.607. The van der Waals surface area contributed by atoms with E-state index in [4.69, 9.17) is 19.4 Å². The molecule has 4 amide bonds. The van der Waals surface area contributed by atoms with Gasteiger partial charge >= 0.3 is 12.2 Å². The van der Waals surface area contributed by atoms with Crippen molar-refractivity contribution in [2.45, 2.75) is 162 Å². The van der Waals surface area contributed by atoms with Crippen molar-refractivity contribution < 1.29 is 56.4 Å². The van der Waals surface area contributed by atoms with E-state index in [1.165, 1.54) is 24.3 Å². The van der Waals surface area contributed by atoms with Crippen LogP contribution in [0, 0.1) is 52.9 Å². The first-order chi connectivity index (χ1) is 40.0. The summed E-state index contributed by atoms with van der Waals surface area (Å²) in [7, 11) is 0. The summed E-state index contributed by atoms with van der Waals surface area (Å²) in [6.07, 6.45) is 4.64. The number of carboxylic acid groups (broad SMARTS) is 2. The summed E-state index contributed by atoms with van der Waals surface area (Å²) >= 11 is 0. The number of hydrogen-bond acceptors (Lipinski definition) is 10. The number of amides is 4. The predicted molar refractivity (Wildman–Crippen MR) is 294 cm³/mol. The summed E-state index contributed by atoms with van der Waals surface area (Å²) in [5.74, 6) is -6.43. The Hall–Kier alpha value is -6.68. The van der Waals surface area contributed by atoms with Crippen LogP contribution in [0.1, 0.15) is 139 Å². The van der Waals surface area contributed by atoms with Crippen LogP contribution < -0.4 is 20.4 Å². The average molecular weight is 1150 g/mol. The van der Waals surface area contributed by atoms with Crippen LogP contribution in [0.3, 0.4) is 0 Å². The summed E-state index contributed by atoms with van der Waals surface area (Å²) in [6.45, 7) is 5.90. The van der Waals surface area contributed by atoms with E-state index in [2.05, 4.69) is 20.6 Å². The summed E-state index contributed by atoms with van der Waals surface area (Å²) in [5, 5.41) is 27.6. The maximum Gasteiger partial charge on any atom is 0.405 e. The van der Waals surface area contributed by atoms with Crippen molar-refractivity contribution in [1.29, 1.82) is 0 Å². The van der Waals surface area contributed by atoms with Gasteiger partial charge in [-0.05, 0) is 139 Å². The number of anilines is 2. The number of hydrogen-bond donors (Lipinski definition) is 6. The molecule has 0 radical (unpaired) electrons. The molecule has 15 rings (SSSR count). The number of carbonyl (C=O) groups excluding carboxylic acids is 2. The lowest BCUT2D eigenvalue weighted by atomic mass is 9.74. The first-order valence-electron chi connectivity index (χ1n) is 30.3. The molecule has 2 saturated carbocycles. The number of rotatable bonds is 8. The van der Waals surface area contributed by atoms with Gasteiger partial charge in [-0.25, -0.2) is 37.1 Å². The molecule has 5 aromatic rings. The maximum absolute atomic E-state index is 17.7. The highest BCUT2D eigenvalue weighted by Gasteiger charge is 2.73. The number of piperidine rings is 1. The minimum atomic E-state index is -2.04. The molecular weight excluding hydrogens is 1080 g/mol. The van der Waals surface area contributed by atoms with E-state index in [-0.39, 0.29) is 116 Å². The van der Waals surface area contributed by atoms with Crippen molar-refractivity contribution in [3.8, 4) is 0 Å². The minimum absolute atomic E-state index is 0.0312. The van der Waals surface area contributed by atoms with E-state index in [1.54, 1.807) is 26.8 Å². The molecule has 6 unspecified atom stereocenters. The van der Waals surface area contributed by atoms with E-state index >= 15 is 27.2 Å². The van der Waals surface area contributed by atoms with Crippen LogP contribution in [-0.2, 0) is 41.2 Å². The second-order valence-electron chi connectivity index (χ2n) is 26.2. The molecule has 10 aliphatic rings. The first-order valence-corrected chi connectivity index (χ1v) is 30.3. The Morgan fingerprint density at radius 1 is 0.602 bits per heavy atom. The van der Waals surface area contributed by atoms with Gasteiger partial charge in [0.1, 0.15) is 29.0 Å². The molecule has 10 heterocycles. The Bertz CT molecular complexity index is 3520. The number of imidazole rings is 2. The number of ether oxygens (including phenoxy) is 2. The van der Waals surface area contributed by atoms with E-state index in [0.29, 0.717) is 75.5 Å². The maximum atomic E-state index is 17.7. The van der Waals surface area contributed by atoms with Gasteiger partial charge in [0, 0.05) is 80.3 Å². The normalized spacial score (nSPS) is 35.2. The molecule has 2 spiro atoms. The van der Waals surface area contributed by atoms with Crippen LogP contribution in [0.15, 0.2) is 36.4 Å². The highest BCUT2D eigenvalue weighted by Crippen LogP contribution is 2.66. The lowest BCUT2D eigenvalue weighted by Gasteiger charge is -2.55. The second-order valence-corrected chi connectivity index (χ2v) is 26.2. The van der Waals surface area contributed by atoms with Gasteiger partial charge in [-0.2, -0.15) is 0 Å². The Labute approximate surface area is 476 Å². The summed E-state index contributed by atoms with van der Waals surface area (Å²) in [5.41, 5.74) is -6.13. The highest BCUT2D eigenvalue weighted by molar-refractivity contribution is 5.95. The van der Waals surface area contributed by atoms with Crippen molar-refractivity contribution >= 4 is 57.4 Å². The zero-order valence-corrected chi connectivity index (χ0v) is 46.7. The van der Waals surface area contributed by atoms with Gasteiger partial charge in [-0.1, -0.05) is 19.8 Å². The molecule has 6 bridgehead atoms. The SMILES string of the molecule is CC1C[C@H](C2CC3CCCC34c3cc5[nH]c(nc5cc3F)C(NC(=O)O)(C3CCOCC3)C(=O)N24)N(c2cc(F)c(N3CCCCC3)c(F)c2)[C@]1(C)C1C[C@@H]2CCC[C@@]23c2cc4[nH]c(nc4cc2F)[C@@](NC(=O)O)(C2CCOCC2)C(=O)N13. The largest absolute Gasteiger partial charge is 0.465 e. The quantitative estimate of drug-likeness (QED) is 0.0801. The van der Waals surface area contributed by atoms with Gasteiger partial charge in [0.05, 0.1) is 56.8 Å². The van der Waals surface area contributed by atoms with E-state index in [1.807, 2.05) is 18.7 Å².